The molecule has 226 valence electrons. The Kier molecular flexibility index (Phi) is 8.76. The van der Waals surface area contributed by atoms with Crippen molar-refractivity contribution in [2.75, 3.05) is 27.3 Å². The van der Waals surface area contributed by atoms with Gasteiger partial charge in [-0.1, -0.05) is 19.3 Å². The molecule has 12 atom stereocenters. The standard InChI is InChI=1S/C31H51N3O6/c1-17(30(36)33-16-24(35)18-7-5-4-6-8-18)40-19-9-11-23-22(15-19)20-13-14-32-27-21-10-12-25(38-2)29(39-3)26(21)31(37)34(23)28(20)27/h17-29,32,35H,4-16H2,1-3H3,(H,33,36)/t17-,19?,20?,21?,22?,23?,24-,25?,26?,27?,28?,29?/m1/s1. The molecule has 3 N–H and O–H groups in total. The van der Waals surface area contributed by atoms with Gasteiger partial charge in [-0.2, -0.15) is 0 Å². The molecule has 3 saturated carbocycles. The van der Waals surface area contributed by atoms with Crippen LogP contribution >= 0.6 is 0 Å². The summed E-state index contributed by atoms with van der Waals surface area (Å²) in [6.45, 7) is 3.12. The van der Waals surface area contributed by atoms with Crippen molar-refractivity contribution in [2.45, 2.75) is 126 Å². The molecule has 0 spiro atoms. The molecule has 0 aromatic rings. The molecule has 0 aromatic heterocycles. The number of hydrogen-bond donors (Lipinski definition) is 3. The van der Waals surface area contributed by atoms with Gasteiger partial charge in [0.05, 0.1) is 36.4 Å². The van der Waals surface area contributed by atoms with Crippen LogP contribution in [0, 0.1) is 29.6 Å². The number of amides is 2. The highest BCUT2D eigenvalue weighted by molar-refractivity contribution is 5.83. The zero-order chi connectivity index (χ0) is 28.0. The van der Waals surface area contributed by atoms with Crippen LogP contribution in [0.25, 0.3) is 0 Å². The maximum atomic E-state index is 14.2. The number of ether oxygens (including phenoxy) is 3. The second-order valence-corrected chi connectivity index (χ2v) is 13.6. The van der Waals surface area contributed by atoms with Crippen LogP contribution in [-0.4, -0.2) is 97.8 Å². The largest absolute Gasteiger partial charge is 0.391 e. The van der Waals surface area contributed by atoms with Gasteiger partial charge in [0.15, 0.2) is 0 Å². The van der Waals surface area contributed by atoms with Gasteiger partial charge in [-0.05, 0) is 88.5 Å². The Labute approximate surface area is 239 Å². The Bertz CT molecular complexity index is 914. The first-order valence-corrected chi connectivity index (χ1v) is 16.1. The number of piperidine rings is 2. The summed E-state index contributed by atoms with van der Waals surface area (Å²) < 4.78 is 18.1. The summed E-state index contributed by atoms with van der Waals surface area (Å²) in [4.78, 5) is 29.4. The van der Waals surface area contributed by atoms with E-state index in [-0.39, 0.29) is 54.0 Å². The van der Waals surface area contributed by atoms with Gasteiger partial charge in [0.25, 0.3) is 0 Å². The maximum Gasteiger partial charge on any atom is 0.248 e. The second kappa shape index (κ2) is 12.2. The lowest BCUT2D eigenvalue weighted by Gasteiger charge is -2.55. The van der Waals surface area contributed by atoms with Crippen molar-refractivity contribution in [3.05, 3.63) is 0 Å². The molecule has 3 aliphatic carbocycles. The molecule has 3 saturated heterocycles. The van der Waals surface area contributed by atoms with Gasteiger partial charge < -0.3 is 34.9 Å². The monoisotopic (exact) mass is 561 g/mol. The third-order valence-corrected chi connectivity index (χ3v) is 11.7. The molecular formula is C31H51N3O6. The normalized spacial score (nSPS) is 42.9. The first kappa shape index (κ1) is 28.8. The summed E-state index contributed by atoms with van der Waals surface area (Å²) in [5.74, 6) is 1.43. The zero-order valence-electron chi connectivity index (χ0n) is 24.6. The van der Waals surface area contributed by atoms with Gasteiger partial charge in [-0.15, -0.1) is 0 Å². The second-order valence-electron chi connectivity index (χ2n) is 13.6. The lowest BCUT2D eigenvalue weighted by Crippen LogP contribution is -2.70. The number of aliphatic hydroxyl groups excluding tert-OH is 1. The summed E-state index contributed by atoms with van der Waals surface area (Å²) in [6, 6.07) is 0.790. The van der Waals surface area contributed by atoms with E-state index < -0.39 is 12.2 Å². The molecule has 3 heterocycles. The van der Waals surface area contributed by atoms with E-state index in [2.05, 4.69) is 15.5 Å². The minimum Gasteiger partial charge on any atom is -0.391 e. The Morgan fingerprint density at radius 3 is 2.58 bits per heavy atom. The topological polar surface area (TPSA) is 109 Å². The highest BCUT2D eigenvalue weighted by Crippen LogP contribution is 2.54. The summed E-state index contributed by atoms with van der Waals surface area (Å²) >= 11 is 0. The predicted molar refractivity (Wildman–Crippen MR) is 149 cm³/mol. The number of carbonyl (C=O) groups excluding carboxylic acids is 2. The first-order valence-electron chi connectivity index (χ1n) is 16.1. The van der Waals surface area contributed by atoms with Crippen molar-refractivity contribution in [3.63, 3.8) is 0 Å². The number of methoxy groups -OCH3 is 2. The van der Waals surface area contributed by atoms with E-state index in [1.165, 1.54) is 19.3 Å². The van der Waals surface area contributed by atoms with Gasteiger partial charge in [-0.25, -0.2) is 0 Å². The van der Waals surface area contributed by atoms with E-state index in [1.807, 2.05) is 6.92 Å². The van der Waals surface area contributed by atoms with Crippen molar-refractivity contribution in [1.82, 2.24) is 15.5 Å². The molecule has 2 amide bonds. The predicted octanol–water partition coefficient (Wildman–Crippen LogP) is 2.24. The van der Waals surface area contributed by atoms with Gasteiger partial charge >= 0.3 is 0 Å². The molecule has 9 nitrogen and oxygen atoms in total. The van der Waals surface area contributed by atoms with E-state index in [1.54, 1.807) is 14.2 Å². The minimum absolute atomic E-state index is 0.0157. The molecule has 40 heavy (non-hydrogen) atoms. The molecule has 0 aromatic carbocycles. The molecule has 6 fully saturated rings. The minimum atomic E-state index is -0.553. The van der Waals surface area contributed by atoms with Gasteiger partial charge in [0.2, 0.25) is 11.8 Å². The molecule has 6 aliphatic rings. The number of carbonyl (C=O) groups is 2. The average Bonchev–Trinajstić information content (AvgIpc) is 3.32. The van der Waals surface area contributed by atoms with Crippen LogP contribution in [0.5, 0.6) is 0 Å². The smallest absolute Gasteiger partial charge is 0.248 e. The first-order chi connectivity index (χ1) is 19.4. The summed E-state index contributed by atoms with van der Waals surface area (Å²) in [6.07, 6.45) is 10.1. The van der Waals surface area contributed by atoms with Gasteiger partial charge in [0.1, 0.15) is 6.10 Å². The SMILES string of the molecule is COC1CCC2C3NCCC4C5CC(O[C@H](C)C(=O)NC[C@@H](O)C6CCCCC6)CCC5N(C(=O)C2C1OC)C43. The van der Waals surface area contributed by atoms with Crippen LogP contribution in [0.3, 0.4) is 0 Å². The molecule has 10 unspecified atom stereocenters. The number of fused-ring (bicyclic) bond motifs is 5. The number of hydrogen-bond acceptors (Lipinski definition) is 7. The average molecular weight is 562 g/mol. The molecule has 3 aliphatic heterocycles. The van der Waals surface area contributed by atoms with E-state index in [4.69, 9.17) is 14.2 Å². The van der Waals surface area contributed by atoms with E-state index >= 15 is 0 Å². The third kappa shape index (κ3) is 5.12. The number of aliphatic hydroxyl groups is 1. The van der Waals surface area contributed by atoms with Crippen molar-refractivity contribution < 1.29 is 28.9 Å². The fourth-order valence-electron chi connectivity index (χ4n) is 9.85. The molecule has 0 radical (unpaired) electrons. The van der Waals surface area contributed by atoms with Crippen LogP contribution < -0.4 is 10.6 Å². The highest BCUT2D eigenvalue weighted by atomic mass is 16.5. The summed E-state index contributed by atoms with van der Waals surface area (Å²) in [7, 11) is 3.45. The number of rotatable bonds is 8. The van der Waals surface area contributed by atoms with Crippen LogP contribution in [0.15, 0.2) is 0 Å². The fourth-order valence-corrected chi connectivity index (χ4v) is 9.85. The fraction of sp³-hybridized carbons (Fsp3) is 0.935. The lowest BCUT2D eigenvalue weighted by atomic mass is 9.64. The van der Waals surface area contributed by atoms with Crippen LogP contribution in [0.1, 0.15) is 77.6 Å². The zero-order valence-corrected chi connectivity index (χ0v) is 24.6. The Morgan fingerprint density at radius 2 is 1.82 bits per heavy atom. The third-order valence-electron chi connectivity index (χ3n) is 11.7. The van der Waals surface area contributed by atoms with E-state index in [0.717, 1.165) is 57.9 Å². The van der Waals surface area contributed by atoms with Crippen LogP contribution in [-0.2, 0) is 23.8 Å². The van der Waals surface area contributed by atoms with Crippen molar-refractivity contribution >= 4 is 11.8 Å². The maximum absolute atomic E-state index is 14.2. The number of nitrogens with zero attached hydrogens (tertiary/aromatic N) is 1. The quantitative estimate of drug-likeness (QED) is 0.417. The van der Waals surface area contributed by atoms with Crippen LogP contribution in [0.4, 0.5) is 0 Å². The summed E-state index contributed by atoms with van der Waals surface area (Å²) in [5.41, 5.74) is 0. The van der Waals surface area contributed by atoms with Crippen molar-refractivity contribution in [3.8, 4) is 0 Å². The highest BCUT2D eigenvalue weighted by Gasteiger charge is 2.64. The molecule has 6 rings (SSSR count). The van der Waals surface area contributed by atoms with Crippen molar-refractivity contribution in [2.24, 2.45) is 29.6 Å². The van der Waals surface area contributed by atoms with E-state index in [9.17, 15) is 14.7 Å². The van der Waals surface area contributed by atoms with Crippen LogP contribution in [0.2, 0.25) is 0 Å². The molecule has 0 bridgehead atoms. The van der Waals surface area contributed by atoms with Gasteiger partial charge in [-0.3, -0.25) is 9.59 Å². The van der Waals surface area contributed by atoms with Gasteiger partial charge in [0, 0.05) is 32.8 Å². The lowest BCUT2D eigenvalue weighted by molar-refractivity contribution is -0.175. The Morgan fingerprint density at radius 1 is 1.02 bits per heavy atom. The summed E-state index contributed by atoms with van der Waals surface area (Å²) in [5, 5.41) is 17.3. The Balaban J connectivity index is 1.09. The number of nitrogens with one attached hydrogen (secondary N) is 2. The van der Waals surface area contributed by atoms with Crippen molar-refractivity contribution in [1.29, 1.82) is 0 Å². The molecule has 9 heteroatoms. The Hall–Kier alpha value is -1.26. The van der Waals surface area contributed by atoms with E-state index in [0.29, 0.717) is 30.3 Å². The molecular weight excluding hydrogens is 510 g/mol.